The Balaban J connectivity index is 1.25. The van der Waals surface area contributed by atoms with Crippen LogP contribution in [0.4, 0.5) is 5.13 Å². The highest BCUT2D eigenvalue weighted by Gasteiger charge is 2.14. The zero-order chi connectivity index (χ0) is 20.3. The molecule has 1 aliphatic heterocycles. The van der Waals surface area contributed by atoms with Crippen LogP contribution in [0, 0.1) is 0 Å². The van der Waals surface area contributed by atoms with Gasteiger partial charge in [0.25, 0.3) is 5.91 Å². The van der Waals surface area contributed by atoms with Crippen molar-refractivity contribution in [1.29, 1.82) is 0 Å². The van der Waals surface area contributed by atoms with Gasteiger partial charge in [0.2, 0.25) is 5.13 Å². The number of nitrogens with one attached hydrogen (secondary N) is 2. The Morgan fingerprint density at radius 3 is 2.93 bits per heavy atom. The summed E-state index contributed by atoms with van der Waals surface area (Å²) in [6, 6.07) is 19.9. The van der Waals surface area contributed by atoms with Crippen molar-refractivity contribution in [2.24, 2.45) is 0 Å². The van der Waals surface area contributed by atoms with E-state index in [0.717, 1.165) is 36.0 Å². The molecular formula is C23H20N4O2S. The second kappa shape index (κ2) is 8.22. The number of fused-ring (bicyclic) bond motifs is 2. The Morgan fingerprint density at radius 2 is 1.97 bits per heavy atom. The van der Waals surface area contributed by atoms with E-state index in [1.54, 1.807) is 0 Å². The summed E-state index contributed by atoms with van der Waals surface area (Å²) in [7, 11) is 0. The van der Waals surface area contributed by atoms with E-state index in [0.29, 0.717) is 22.3 Å². The molecule has 0 spiro atoms. The highest BCUT2D eigenvalue weighted by atomic mass is 32.1. The van der Waals surface area contributed by atoms with E-state index in [1.807, 2.05) is 48.5 Å². The lowest BCUT2D eigenvalue weighted by Crippen LogP contribution is -2.24. The minimum Gasteiger partial charge on any atom is -0.486 e. The Hall–Kier alpha value is -3.29. The van der Waals surface area contributed by atoms with E-state index in [-0.39, 0.29) is 5.91 Å². The Morgan fingerprint density at radius 1 is 1.07 bits per heavy atom. The summed E-state index contributed by atoms with van der Waals surface area (Å²) < 4.78 is 5.96. The van der Waals surface area contributed by atoms with Gasteiger partial charge < -0.3 is 10.1 Å². The monoisotopic (exact) mass is 416 g/mol. The SMILES string of the molecule is O=C(Nc1nnc(COc2cccc3ccccc23)s1)c1ccc2c(c1)CCNC2. The van der Waals surface area contributed by atoms with Crippen LogP contribution in [0.2, 0.25) is 0 Å². The van der Waals surface area contributed by atoms with Crippen LogP contribution in [0.15, 0.2) is 60.7 Å². The molecule has 0 radical (unpaired) electrons. The molecule has 4 aromatic rings. The van der Waals surface area contributed by atoms with Gasteiger partial charge in [0.1, 0.15) is 12.4 Å². The third-order valence-electron chi connectivity index (χ3n) is 5.14. The molecule has 0 bridgehead atoms. The smallest absolute Gasteiger partial charge is 0.257 e. The van der Waals surface area contributed by atoms with Crippen molar-refractivity contribution in [2.45, 2.75) is 19.6 Å². The third kappa shape index (κ3) is 3.90. The van der Waals surface area contributed by atoms with Gasteiger partial charge >= 0.3 is 0 Å². The van der Waals surface area contributed by atoms with Crippen molar-refractivity contribution in [2.75, 3.05) is 11.9 Å². The van der Waals surface area contributed by atoms with Crippen LogP contribution in [0.1, 0.15) is 26.5 Å². The van der Waals surface area contributed by atoms with Gasteiger partial charge in [0.05, 0.1) is 0 Å². The van der Waals surface area contributed by atoms with E-state index in [1.165, 1.54) is 22.5 Å². The number of carbonyl (C=O) groups is 1. The van der Waals surface area contributed by atoms with Crippen molar-refractivity contribution in [3.63, 3.8) is 0 Å². The minimum atomic E-state index is -0.172. The number of ether oxygens (including phenoxy) is 1. The fraction of sp³-hybridized carbons (Fsp3) is 0.174. The van der Waals surface area contributed by atoms with E-state index in [9.17, 15) is 4.79 Å². The van der Waals surface area contributed by atoms with Gasteiger partial charge in [0, 0.05) is 17.5 Å². The predicted molar refractivity (Wildman–Crippen MR) is 118 cm³/mol. The second-order valence-electron chi connectivity index (χ2n) is 7.13. The number of hydrogen-bond acceptors (Lipinski definition) is 6. The van der Waals surface area contributed by atoms with Gasteiger partial charge in [-0.25, -0.2) is 0 Å². The maximum atomic E-state index is 12.6. The Kier molecular flexibility index (Phi) is 5.13. The second-order valence-corrected chi connectivity index (χ2v) is 8.19. The van der Waals surface area contributed by atoms with Gasteiger partial charge in [-0.2, -0.15) is 0 Å². The average molecular weight is 417 g/mol. The summed E-state index contributed by atoms with van der Waals surface area (Å²) in [5.41, 5.74) is 3.11. The van der Waals surface area contributed by atoms with Crippen LogP contribution in [0.25, 0.3) is 10.8 Å². The first-order chi connectivity index (χ1) is 14.8. The fourth-order valence-electron chi connectivity index (χ4n) is 3.61. The molecule has 0 saturated heterocycles. The van der Waals surface area contributed by atoms with Gasteiger partial charge in [-0.1, -0.05) is 53.8 Å². The lowest BCUT2D eigenvalue weighted by molar-refractivity contribution is 0.102. The lowest BCUT2D eigenvalue weighted by Gasteiger charge is -2.17. The molecule has 0 unspecified atom stereocenters. The van der Waals surface area contributed by atoms with Crippen LogP contribution in [0.5, 0.6) is 5.75 Å². The molecule has 1 aliphatic rings. The molecule has 150 valence electrons. The van der Waals surface area contributed by atoms with E-state index < -0.39 is 0 Å². The molecule has 0 fully saturated rings. The number of benzene rings is 3. The van der Waals surface area contributed by atoms with E-state index >= 15 is 0 Å². The lowest BCUT2D eigenvalue weighted by atomic mass is 9.98. The molecule has 6 nitrogen and oxygen atoms in total. The summed E-state index contributed by atoms with van der Waals surface area (Å²) >= 11 is 1.32. The van der Waals surface area contributed by atoms with E-state index in [4.69, 9.17) is 4.74 Å². The number of rotatable bonds is 5. The molecule has 0 saturated carbocycles. The van der Waals surface area contributed by atoms with Crippen LogP contribution < -0.4 is 15.4 Å². The molecular weight excluding hydrogens is 396 g/mol. The maximum Gasteiger partial charge on any atom is 0.257 e. The van der Waals surface area contributed by atoms with Crippen molar-refractivity contribution in [3.05, 3.63) is 82.4 Å². The molecule has 2 heterocycles. The fourth-order valence-corrected chi connectivity index (χ4v) is 4.26. The van der Waals surface area contributed by atoms with E-state index in [2.05, 4.69) is 33.0 Å². The molecule has 0 aliphatic carbocycles. The maximum absolute atomic E-state index is 12.6. The quantitative estimate of drug-likeness (QED) is 0.511. The minimum absolute atomic E-state index is 0.172. The summed E-state index contributed by atoms with van der Waals surface area (Å²) in [6.07, 6.45) is 0.935. The zero-order valence-corrected chi connectivity index (χ0v) is 17.0. The summed E-state index contributed by atoms with van der Waals surface area (Å²) in [5, 5.41) is 17.8. The zero-order valence-electron chi connectivity index (χ0n) is 16.2. The molecule has 7 heteroatoms. The first-order valence-electron chi connectivity index (χ1n) is 9.83. The number of aromatic nitrogens is 2. The Bertz CT molecular complexity index is 1220. The standard InChI is InChI=1S/C23H20N4O2S/c28-22(17-8-9-18-13-24-11-10-16(18)12-17)25-23-27-26-21(30-23)14-29-20-7-3-5-15-4-1-2-6-19(15)20/h1-9,12,24H,10-11,13-14H2,(H,25,27,28). The highest BCUT2D eigenvalue weighted by molar-refractivity contribution is 7.15. The van der Waals surface area contributed by atoms with Crippen molar-refractivity contribution >= 4 is 33.1 Å². The van der Waals surface area contributed by atoms with Crippen LogP contribution >= 0.6 is 11.3 Å². The molecule has 2 N–H and O–H groups in total. The van der Waals surface area contributed by atoms with Gasteiger partial charge in [0.15, 0.2) is 5.01 Å². The molecule has 1 amide bonds. The van der Waals surface area contributed by atoms with Gasteiger partial charge in [-0.15, -0.1) is 10.2 Å². The van der Waals surface area contributed by atoms with Crippen LogP contribution in [0.3, 0.4) is 0 Å². The molecule has 5 rings (SSSR count). The summed E-state index contributed by atoms with van der Waals surface area (Å²) in [6.45, 7) is 2.09. The van der Waals surface area contributed by atoms with Crippen molar-refractivity contribution in [1.82, 2.24) is 15.5 Å². The number of amides is 1. The Labute approximate surface area is 177 Å². The van der Waals surface area contributed by atoms with Crippen molar-refractivity contribution in [3.8, 4) is 5.75 Å². The highest BCUT2D eigenvalue weighted by Crippen LogP contribution is 2.27. The average Bonchev–Trinajstić information content (AvgIpc) is 3.24. The first kappa shape index (κ1) is 18.7. The third-order valence-corrected chi connectivity index (χ3v) is 5.96. The van der Waals surface area contributed by atoms with Crippen molar-refractivity contribution < 1.29 is 9.53 Å². The topological polar surface area (TPSA) is 76.1 Å². The first-order valence-corrected chi connectivity index (χ1v) is 10.6. The summed E-state index contributed by atoms with van der Waals surface area (Å²) in [5.74, 6) is 0.631. The number of anilines is 1. The molecule has 3 aromatic carbocycles. The number of nitrogens with zero attached hydrogens (tertiary/aromatic N) is 2. The van der Waals surface area contributed by atoms with Gasteiger partial charge in [-0.05, 0) is 47.7 Å². The molecule has 30 heavy (non-hydrogen) atoms. The molecule has 1 aromatic heterocycles. The largest absolute Gasteiger partial charge is 0.486 e. The number of carbonyl (C=O) groups excluding carboxylic acids is 1. The number of hydrogen-bond donors (Lipinski definition) is 2. The van der Waals surface area contributed by atoms with Crippen LogP contribution in [-0.2, 0) is 19.6 Å². The normalized spacial score (nSPS) is 13.1. The molecule has 0 atom stereocenters. The predicted octanol–water partition coefficient (Wildman–Crippen LogP) is 4.17. The summed E-state index contributed by atoms with van der Waals surface area (Å²) in [4.78, 5) is 12.6. The van der Waals surface area contributed by atoms with Gasteiger partial charge in [-0.3, -0.25) is 10.1 Å². The van der Waals surface area contributed by atoms with Crippen LogP contribution in [-0.4, -0.2) is 22.6 Å².